The molecule has 0 saturated carbocycles. The lowest BCUT2D eigenvalue weighted by molar-refractivity contribution is 0.563. The van der Waals surface area contributed by atoms with Gasteiger partial charge < -0.3 is 0 Å². The summed E-state index contributed by atoms with van der Waals surface area (Å²) in [6.45, 7) is 8.09. The van der Waals surface area contributed by atoms with E-state index in [4.69, 9.17) is 0 Å². The topological polar surface area (TPSA) is 60.7 Å². The molecule has 0 fully saturated rings. The maximum absolute atomic E-state index is 13.0. The average molecular weight is 360 g/mol. The first-order chi connectivity index (χ1) is 12.9. The lowest BCUT2D eigenvalue weighted by Gasteiger charge is -2.26. The van der Waals surface area contributed by atoms with E-state index in [1.807, 2.05) is 26.1 Å². The molecule has 0 aliphatic heterocycles. The van der Waals surface area contributed by atoms with Crippen LogP contribution in [0, 0.1) is 27.7 Å². The molecule has 5 heteroatoms. The third-order valence-electron chi connectivity index (χ3n) is 5.40. The first-order valence-corrected chi connectivity index (χ1v) is 9.42. The van der Waals surface area contributed by atoms with E-state index in [0.29, 0.717) is 11.9 Å². The first-order valence-electron chi connectivity index (χ1n) is 9.42. The molecule has 1 aromatic carbocycles. The Morgan fingerprint density at radius 2 is 1.78 bits per heavy atom. The number of aromatic nitrogens is 4. The van der Waals surface area contributed by atoms with E-state index in [-0.39, 0.29) is 5.56 Å². The Kier molecular flexibility index (Phi) is 4.38. The molecule has 27 heavy (non-hydrogen) atoms. The molecule has 138 valence electrons. The van der Waals surface area contributed by atoms with Gasteiger partial charge in [-0.3, -0.25) is 4.79 Å². The minimum atomic E-state index is -0.0865. The molecule has 5 nitrogen and oxygen atoms in total. The summed E-state index contributed by atoms with van der Waals surface area (Å²) in [5.41, 5.74) is 7.48. The lowest BCUT2D eigenvalue weighted by atomic mass is 9.79. The Balaban J connectivity index is 1.70. The molecule has 3 aromatic rings. The summed E-state index contributed by atoms with van der Waals surface area (Å²) in [6, 6.07) is 8.53. The number of hydrogen-bond donors (Lipinski definition) is 0. The van der Waals surface area contributed by atoms with Gasteiger partial charge in [0.25, 0.3) is 11.5 Å². The van der Waals surface area contributed by atoms with E-state index in [0.717, 1.165) is 41.8 Å². The van der Waals surface area contributed by atoms with Crippen LogP contribution in [0.25, 0.3) is 5.95 Å². The second kappa shape index (κ2) is 6.72. The lowest BCUT2D eigenvalue weighted by Crippen LogP contribution is -2.31. The number of aryl methyl sites for hydroxylation is 4. The van der Waals surface area contributed by atoms with Crippen molar-refractivity contribution < 1.29 is 0 Å². The highest BCUT2D eigenvalue weighted by Gasteiger charge is 2.25. The number of nitrogens with zero attached hydrogens (tertiary/aromatic N) is 4. The second-order valence-electron chi connectivity index (χ2n) is 7.62. The smallest absolute Gasteiger partial charge is 0.267 e. The van der Waals surface area contributed by atoms with Crippen LogP contribution in [0.5, 0.6) is 0 Å². The van der Waals surface area contributed by atoms with Crippen molar-refractivity contribution in [3.05, 3.63) is 80.0 Å². The van der Waals surface area contributed by atoms with Crippen molar-refractivity contribution >= 4 is 0 Å². The van der Waals surface area contributed by atoms with Crippen LogP contribution in [0.3, 0.4) is 0 Å². The monoisotopic (exact) mass is 360 g/mol. The quantitative estimate of drug-likeness (QED) is 0.701. The summed E-state index contributed by atoms with van der Waals surface area (Å²) in [5.74, 6) is 0.796. The van der Waals surface area contributed by atoms with Crippen LogP contribution in [-0.4, -0.2) is 19.7 Å². The highest BCUT2D eigenvalue weighted by Crippen LogP contribution is 2.33. The van der Waals surface area contributed by atoms with Gasteiger partial charge in [0.2, 0.25) is 0 Å². The van der Waals surface area contributed by atoms with Crippen LogP contribution in [0.15, 0.2) is 35.3 Å². The molecule has 1 atom stereocenters. The Bertz CT molecular complexity index is 1060. The molecular weight excluding hydrogens is 336 g/mol. The third kappa shape index (κ3) is 3.29. The van der Waals surface area contributed by atoms with Crippen molar-refractivity contribution in [3.63, 3.8) is 0 Å². The zero-order valence-corrected chi connectivity index (χ0v) is 16.3. The van der Waals surface area contributed by atoms with Crippen molar-refractivity contribution in [2.45, 2.75) is 52.9 Å². The van der Waals surface area contributed by atoms with Gasteiger partial charge in [-0.2, -0.15) is 9.78 Å². The fourth-order valence-electron chi connectivity index (χ4n) is 4.15. The Hall–Kier alpha value is -2.82. The summed E-state index contributed by atoms with van der Waals surface area (Å²) in [7, 11) is 0. The molecule has 1 aliphatic carbocycles. The second-order valence-corrected chi connectivity index (χ2v) is 7.62. The highest BCUT2D eigenvalue weighted by atomic mass is 16.1. The fraction of sp³-hybridized carbons (Fsp3) is 0.364. The minimum absolute atomic E-state index is 0.0865. The number of hydrogen-bond acceptors (Lipinski definition) is 4. The number of benzene rings is 1. The number of rotatable bonds is 2. The van der Waals surface area contributed by atoms with Crippen LogP contribution in [0.4, 0.5) is 0 Å². The van der Waals surface area contributed by atoms with E-state index in [2.05, 4.69) is 47.1 Å². The predicted molar refractivity (Wildman–Crippen MR) is 106 cm³/mol. The van der Waals surface area contributed by atoms with E-state index in [1.165, 1.54) is 21.4 Å². The van der Waals surface area contributed by atoms with E-state index in [1.54, 1.807) is 0 Å². The molecule has 1 aliphatic rings. The maximum Gasteiger partial charge on any atom is 0.277 e. The van der Waals surface area contributed by atoms with E-state index < -0.39 is 0 Å². The van der Waals surface area contributed by atoms with Crippen LogP contribution >= 0.6 is 0 Å². The molecule has 2 heterocycles. The van der Waals surface area contributed by atoms with Crippen LogP contribution in [0.1, 0.15) is 51.5 Å². The van der Waals surface area contributed by atoms with Gasteiger partial charge in [0.15, 0.2) is 0 Å². The molecule has 0 radical (unpaired) electrons. The van der Waals surface area contributed by atoms with Crippen molar-refractivity contribution in [1.82, 2.24) is 19.7 Å². The van der Waals surface area contributed by atoms with Crippen LogP contribution in [-0.2, 0) is 12.8 Å². The third-order valence-corrected chi connectivity index (χ3v) is 5.40. The molecular formula is C22H24N4O. The summed E-state index contributed by atoms with van der Waals surface area (Å²) in [5, 5.41) is 4.39. The van der Waals surface area contributed by atoms with Gasteiger partial charge in [-0.25, -0.2) is 9.97 Å². The van der Waals surface area contributed by atoms with Gasteiger partial charge in [-0.15, -0.1) is 0 Å². The Labute approximate surface area is 159 Å². The number of fused-ring (bicyclic) bond motifs is 1. The van der Waals surface area contributed by atoms with E-state index >= 15 is 0 Å². The van der Waals surface area contributed by atoms with Gasteiger partial charge >= 0.3 is 0 Å². The normalized spacial score (nSPS) is 16.2. The standard InChI is InChI=1S/C22H24N4O/c1-13-5-7-19(14(2)9-13)17-6-8-20-18(11-17)12-23-26(21(20)27)22-24-15(3)10-16(4)25-22/h5,7,9-10,12,17H,6,8,11H2,1-4H3. The first kappa shape index (κ1) is 17.6. The van der Waals surface area contributed by atoms with Gasteiger partial charge in [0.1, 0.15) is 0 Å². The van der Waals surface area contributed by atoms with Crippen molar-refractivity contribution in [1.29, 1.82) is 0 Å². The molecule has 1 unspecified atom stereocenters. The molecule has 0 saturated heterocycles. The van der Waals surface area contributed by atoms with Crippen LogP contribution in [0.2, 0.25) is 0 Å². The van der Waals surface area contributed by atoms with Gasteiger partial charge in [-0.05, 0) is 75.6 Å². The van der Waals surface area contributed by atoms with Crippen LogP contribution < -0.4 is 5.56 Å². The van der Waals surface area contributed by atoms with Gasteiger partial charge in [0, 0.05) is 17.0 Å². The zero-order valence-electron chi connectivity index (χ0n) is 16.3. The van der Waals surface area contributed by atoms with E-state index in [9.17, 15) is 4.79 Å². The zero-order chi connectivity index (χ0) is 19.1. The Morgan fingerprint density at radius 3 is 2.48 bits per heavy atom. The van der Waals surface area contributed by atoms with Gasteiger partial charge in [-0.1, -0.05) is 23.8 Å². The molecule has 0 bridgehead atoms. The summed E-state index contributed by atoms with van der Waals surface area (Å²) < 4.78 is 1.34. The predicted octanol–water partition coefficient (Wildman–Crippen LogP) is 3.53. The SMILES string of the molecule is Cc1ccc(C2CCc3c(cnn(-c4nc(C)cc(C)n4)c3=O)C2)c(C)c1. The van der Waals surface area contributed by atoms with Crippen molar-refractivity contribution in [2.24, 2.45) is 0 Å². The van der Waals surface area contributed by atoms with Crippen molar-refractivity contribution in [3.8, 4) is 5.95 Å². The summed E-state index contributed by atoms with van der Waals surface area (Å²) >= 11 is 0. The minimum Gasteiger partial charge on any atom is -0.267 e. The highest BCUT2D eigenvalue weighted by molar-refractivity contribution is 5.37. The molecule has 0 N–H and O–H groups in total. The molecule has 4 rings (SSSR count). The summed E-state index contributed by atoms with van der Waals surface area (Å²) in [6.07, 6.45) is 4.42. The Morgan fingerprint density at radius 1 is 1.04 bits per heavy atom. The average Bonchev–Trinajstić information content (AvgIpc) is 2.61. The largest absolute Gasteiger partial charge is 0.277 e. The fourth-order valence-corrected chi connectivity index (χ4v) is 4.15. The maximum atomic E-state index is 13.0. The van der Waals surface area contributed by atoms with Gasteiger partial charge in [0.05, 0.1) is 6.20 Å². The van der Waals surface area contributed by atoms with Crippen molar-refractivity contribution in [2.75, 3.05) is 0 Å². The molecule has 2 aromatic heterocycles. The molecule has 0 amide bonds. The molecule has 0 spiro atoms. The summed E-state index contributed by atoms with van der Waals surface area (Å²) in [4.78, 5) is 21.8.